The fourth-order valence-corrected chi connectivity index (χ4v) is 1.82. The van der Waals surface area contributed by atoms with Crippen LogP contribution in [0.3, 0.4) is 0 Å². The molecule has 0 spiro atoms. The second kappa shape index (κ2) is 6.66. The normalized spacial score (nSPS) is 15.0. The number of ether oxygens (including phenoxy) is 1. The second-order valence-electron chi connectivity index (χ2n) is 3.96. The van der Waals surface area contributed by atoms with E-state index in [-0.39, 0.29) is 6.10 Å². The molecule has 1 N–H and O–H groups in total. The van der Waals surface area contributed by atoms with Gasteiger partial charge in [0.25, 0.3) is 0 Å². The van der Waals surface area contributed by atoms with Gasteiger partial charge in [0.15, 0.2) is 0 Å². The average Bonchev–Trinajstić information content (AvgIpc) is 2.73. The van der Waals surface area contributed by atoms with Crippen LogP contribution in [0.5, 0.6) is 0 Å². The zero-order valence-corrected chi connectivity index (χ0v) is 10.7. The molecule has 0 saturated carbocycles. The fourth-order valence-electron chi connectivity index (χ4n) is 1.82. The van der Waals surface area contributed by atoms with Gasteiger partial charge in [0.2, 0.25) is 0 Å². The Morgan fingerprint density at radius 3 is 2.75 bits per heavy atom. The Morgan fingerprint density at radius 2 is 2.25 bits per heavy atom. The Morgan fingerprint density at radius 1 is 1.50 bits per heavy atom. The molecule has 2 unspecified atom stereocenters. The minimum Gasteiger partial charge on any atom is -0.377 e. The fraction of sp³-hybridized carbons (Fsp3) is 0.750. The summed E-state index contributed by atoms with van der Waals surface area (Å²) in [4.78, 5) is 0. The number of hydrogen-bond acceptors (Lipinski definition) is 3. The number of aryl methyl sites for hydroxylation is 1. The van der Waals surface area contributed by atoms with Crippen LogP contribution >= 0.6 is 0 Å². The largest absolute Gasteiger partial charge is 0.377 e. The molecule has 4 heteroatoms. The van der Waals surface area contributed by atoms with Crippen LogP contribution in [0.1, 0.15) is 26.3 Å². The average molecular weight is 225 g/mol. The van der Waals surface area contributed by atoms with Gasteiger partial charge in [-0.2, -0.15) is 5.10 Å². The lowest BCUT2D eigenvalue weighted by atomic mass is 10.1. The lowest BCUT2D eigenvalue weighted by molar-refractivity contribution is 0.0496. The van der Waals surface area contributed by atoms with E-state index in [0.29, 0.717) is 6.04 Å². The number of nitrogens with zero attached hydrogens (tertiary/aromatic N) is 2. The molecule has 0 aliphatic carbocycles. The van der Waals surface area contributed by atoms with Gasteiger partial charge in [-0.3, -0.25) is 4.68 Å². The summed E-state index contributed by atoms with van der Waals surface area (Å²) in [5.74, 6) is 0. The second-order valence-corrected chi connectivity index (χ2v) is 3.96. The van der Waals surface area contributed by atoms with Crippen molar-refractivity contribution in [3.05, 3.63) is 18.0 Å². The molecule has 0 aromatic carbocycles. The highest BCUT2D eigenvalue weighted by molar-refractivity contribution is 5.06. The number of aromatic nitrogens is 2. The van der Waals surface area contributed by atoms with Crippen LogP contribution in [0.25, 0.3) is 0 Å². The van der Waals surface area contributed by atoms with E-state index in [9.17, 15) is 0 Å². The minimum atomic E-state index is 0.222. The Bertz CT molecular complexity index is 298. The van der Waals surface area contributed by atoms with Crippen LogP contribution in [0.15, 0.2) is 12.4 Å². The first kappa shape index (κ1) is 13.2. The van der Waals surface area contributed by atoms with Gasteiger partial charge in [-0.1, -0.05) is 0 Å². The van der Waals surface area contributed by atoms with Gasteiger partial charge in [0.1, 0.15) is 0 Å². The van der Waals surface area contributed by atoms with E-state index < -0.39 is 0 Å². The number of likely N-dealkylation sites (N-methyl/N-ethyl adjacent to an activating group) is 1. The molecule has 0 saturated heterocycles. The monoisotopic (exact) mass is 225 g/mol. The van der Waals surface area contributed by atoms with Crippen LogP contribution < -0.4 is 5.32 Å². The van der Waals surface area contributed by atoms with E-state index in [0.717, 1.165) is 19.6 Å². The van der Waals surface area contributed by atoms with Gasteiger partial charge >= 0.3 is 0 Å². The van der Waals surface area contributed by atoms with Crippen molar-refractivity contribution in [1.29, 1.82) is 0 Å². The molecule has 0 radical (unpaired) electrons. The van der Waals surface area contributed by atoms with Crippen molar-refractivity contribution >= 4 is 0 Å². The van der Waals surface area contributed by atoms with Crippen molar-refractivity contribution in [3.8, 4) is 0 Å². The Hall–Kier alpha value is -0.870. The molecule has 1 aromatic rings. The SMILES string of the molecule is CCOC(C)C(Cc1cnn(CC)c1)NC. The van der Waals surface area contributed by atoms with E-state index in [1.165, 1.54) is 5.56 Å². The maximum atomic E-state index is 5.61. The van der Waals surface area contributed by atoms with Crippen molar-refractivity contribution in [2.24, 2.45) is 0 Å². The zero-order chi connectivity index (χ0) is 12.0. The molecule has 1 aromatic heterocycles. The van der Waals surface area contributed by atoms with Gasteiger partial charge in [0.05, 0.1) is 12.3 Å². The van der Waals surface area contributed by atoms with E-state index in [2.05, 4.69) is 30.5 Å². The summed E-state index contributed by atoms with van der Waals surface area (Å²) in [6.45, 7) is 7.90. The van der Waals surface area contributed by atoms with Crippen LogP contribution in [0, 0.1) is 0 Å². The Labute approximate surface area is 98.0 Å². The molecule has 92 valence electrons. The summed E-state index contributed by atoms with van der Waals surface area (Å²) in [7, 11) is 1.98. The van der Waals surface area contributed by atoms with Crippen molar-refractivity contribution < 1.29 is 4.74 Å². The summed E-state index contributed by atoms with van der Waals surface area (Å²) in [6.07, 6.45) is 5.22. The summed E-state index contributed by atoms with van der Waals surface area (Å²) in [6, 6.07) is 0.342. The molecule has 4 nitrogen and oxygen atoms in total. The summed E-state index contributed by atoms with van der Waals surface area (Å²) < 4.78 is 7.56. The lowest BCUT2D eigenvalue weighted by Crippen LogP contribution is -2.39. The minimum absolute atomic E-state index is 0.222. The molecular weight excluding hydrogens is 202 g/mol. The smallest absolute Gasteiger partial charge is 0.0702 e. The van der Waals surface area contributed by atoms with E-state index in [1.54, 1.807) is 0 Å². The molecule has 0 amide bonds. The highest BCUT2D eigenvalue weighted by Gasteiger charge is 2.16. The van der Waals surface area contributed by atoms with Crippen LogP contribution in [-0.2, 0) is 17.7 Å². The molecule has 1 heterocycles. The first-order chi connectivity index (χ1) is 7.71. The first-order valence-corrected chi connectivity index (χ1v) is 6.01. The van der Waals surface area contributed by atoms with E-state index >= 15 is 0 Å². The van der Waals surface area contributed by atoms with Crippen LogP contribution in [0.2, 0.25) is 0 Å². The quantitative estimate of drug-likeness (QED) is 0.763. The van der Waals surface area contributed by atoms with Crippen molar-refractivity contribution in [2.45, 2.75) is 45.9 Å². The third-order valence-electron chi connectivity index (χ3n) is 2.83. The van der Waals surface area contributed by atoms with Crippen molar-refractivity contribution in [3.63, 3.8) is 0 Å². The standard InChI is InChI=1S/C12H23N3O/c1-5-15-9-11(8-14-15)7-12(13-4)10(3)16-6-2/h8-10,12-13H,5-7H2,1-4H3. The Balaban J connectivity index is 2.55. The first-order valence-electron chi connectivity index (χ1n) is 6.01. The molecule has 0 aliphatic rings. The van der Waals surface area contributed by atoms with E-state index in [1.807, 2.05) is 24.9 Å². The highest BCUT2D eigenvalue weighted by atomic mass is 16.5. The Kier molecular flexibility index (Phi) is 5.49. The zero-order valence-electron chi connectivity index (χ0n) is 10.7. The maximum Gasteiger partial charge on any atom is 0.0702 e. The predicted octanol–water partition coefficient (Wildman–Crippen LogP) is 1.46. The number of hydrogen-bond donors (Lipinski definition) is 1. The van der Waals surface area contributed by atoms with Gasteiger partial charge in [-0.15, -0.1) is 0 Å². The topological polar surface area (TPSA) is 39.1 Å². The van der Waals surface area contributed by atoms with E-state index in [4.69, 9.17) is 4.74 Å². The van der Waals surface area contributed by atoms with Crippen LogP contribution in [0.4, 0.5) is 0 Å². The number of rotatable bonds is 7. The predicted molar refractivity (Wildman–Crippen MR) is 65.5 cm³/mol. The molecule has 0 fully saturated rings. The van der Waals surface area contributed by atoms with Gasteiger partial charge in [-0.05, 0) is 39.8 Å². The highest BCUT2D eigenvalue weighted by Crippen LogP contribution is 2.07. The molecular formula is C12H23N3O. The third-order valence-corrected chi connectivity index (χ3v) is 2.83. The van der Waals surface area contributed by atoms with Crippen molar-refractivity contribution in [2.75, 3.05) is 13.7 Å². The molecule has 1 rings (SSSR count). The van der Waals surface area contributed by atoms with Crippen molar-refractivity contribution in [1.82, 2.24) is 15.1 Å². The third kappa shape index (κ3) is 3.61. The van der Waals surface area contributed by atoms with Crippen LogP contribution in [-0.4, -0.2) is 35.6 Å². The number of nitrogens with one attached hydrogen (secondary N) is 1. The summed E-state index contributed by atoms with van der Waals surface area (Å²) in [5, 5.41) is 7.58. The van der Waals surface area contributed by atoms with Gasteiger partial charge < -0.3 is 10.1 Å². The molecule has 0 bridgehead atoms. The summed E-state index contributed by atoms with van der Waals surface area (Å²) in [5.41, 5.74) is 1.26. The molecule has 16 heavy (non-hydrogen) atoms. The summed E-state index contributed by atoms with van der Waals surface area (Å²) >= 11 is 0. The van der Waals surface area contributed by atoms with Gasteiger partial charge in [-0.25, -0.2) is 0 Å². The maximum absolute atomic E-state index is 5.61. The molecule has 0 aliphatic heterocycles. The molecule has 2 atom stereocenters. The van der Waals surface area contributed by atoms with Gasteiger partial charge in [0, 0.05) is 25.4 Å². The lowest BCUT2D eigenvalue weighted by Gasteiger charge is -2.22.